The third kappa shape index (κ3) is 4.79. The second-order valence-electron chi connectivity index (χ2n) is 10.3. The fourth-order valence-corrected chi connectivity index (χ4v) is 5.73. The molecule has 3 aromatic heterocycles. The lowest BCUT2D eigenvalue weighted by Crippen LogP contribution is -2.25. The van der Waals surface area contributed by atoms with Gasteiger partial charge in [-0.2, -0.15) is 9.61 Å². The van der Waals surface area contributed by atoms with E-state index in [1.54, 1.807) is 35.2 Å². The lowest BCUT2D eigenvalue weighted by Gasteiger charge is -2.27. The Kier molecular flexibility index (Phi) is 6.63. The third-order valence-corrected chi connectivity index (χ3v) is 7.56. The molecule has 1 aromatic carbocycles. The van der Waals surface area contributed by atoms with Gasteiger partial charge in [-0.15, -0.1) is 0 Å². The average molecular weight is 517 g/mol. The number of nitrogens with two attached hydrogens (primary N) is 1. The number of rotatable bonds is 5. The molecule has 1 aliphatic carbocycles. The predicted molar refractivity (Wildman–Crippen MR) is 142 cm³/mol. The molecule has 0 amide bonds. The summed E-state index contributed by atoms with van der Waals surface area (Å²) >= 11 is 0. The molecule has 4 heterocycles. The van der Waals surface area contributed by atoms with E-state index in [2.05, 4.69) is 33.4 Å². The highest BCUT2D eigenvalue weighted by Gasteiger charge is 2.24. The van der Waals surface area contributed by atoms with Crippen molar-refractivity contribution >= 4 is 17.2 Å². The van der Waals surface area contributed by atoms with Crippen LogP contribution in [0.3, 0.4) is 0 Å². The Bertz CT molecular complexity index is 1490. The predicted octanol–water partition coefficient (Wildman–Crippen LogP) is 5.86. The van der Waals surface area contributed by atoms with Crippen LogP contribution in [0.2, 0.25) is 0 Å². The van der Waals surface area contributed by atoms with E-state index in [4.69, 9.17) is 10.5 Å². The number of hydrogen-bond acceptors (Lipinski definition) is 6. The van der Waals surface area contributed by atoms with E-state index in [9.17, 15) is 0 Å². The highest BCUT2D eigenvalue weighted by atomic mass is 19.1. The fourth-order valence-electron chi connectivity index (χ4n) is 5.73. The van der Waals surface area contributed by atoms with Crippen LogP contribution in [0, 0.1) is 11.6 Å². The topological polar surface area (TPSA) is 90.4 Å². The maximum atomic E-state index is 15.3. The van der Waals surface area contributed by atoms with Crippen LogP contribution in [-0.2, 0) is 4.74 Å². The normalized spacial score (nSPS) is 20.5. The van der Waals surface area contributed by atoms with Gasteiger partial charge in [0.15, 0.2) is 0 Å². The van der Waals surface area contributed by atoms with E-state index in [0.29, 0.717) is 30.2 Å². The number of anilines is 2. The van der Waals surface area contributed by atoms with Crippen LogP contribution in [-0.4, -0.2) is 38.8 Å². The van der Waals surface area contributed by atoms with Gasteiger partial charge >= 0.3 is 0 Å². The average Bonchev–Trinajstić information content (AvgIpc) is 3.30. The van der Waals surface area contributed by atoms with Gasteiger partial charge in [-0.25, -0.2) is 13.8 Å². The van der Waals surface area contributed by atoms with Crippen LogP contribution < -0.4 is 11.1 Å². The number of ether oxygens (including phenoxy) is 1. The molecule has 196 valence electrons. The highest BCUT2D eigenvalue weighted by Crippen LogP contribution is 2.37. The van der Waals surface area contributed by atoms with Crippen LogP contribution in [0.25, 0.3) is 16.8 Å². The van der Waals surface area contributed by atoms with Crippen molar-refractivity contribution < 1.29 is 13.5 Å². The van der Waals surface area contributed by atoms with E-state index in [0.717, 1.165) is 36.9 Å². The Morgan fingerprint density at radius 2 is 1.84 bits per heavy atom. The molecule has 4 aromatic rings. The van der Waals surface area contributed by atoms with Gasteiger partial charge in [0.2, 0.25) is 5.95 Å². The van der Waals surface area contributed by atoms with Crippen LogP contribution in [0.15, 0.2) is 60.6 Å². The molecule has 7 nitrogen and oxygen atoms in total. The van der Waals surface area contributed by atoms with Crippen molar-refractivity contribution in [3.8, 4) is 11.3 Å². The second-order valence-corrected chi connectivity index (χ2v) is 10.3. The summed E-state index contributed by atoms with van der Waals surface area (Å²) in [6.07, 6.45) is 10.6. The van der Waals surface area contributed by atoms with Crippen LogP contribution >= 0.6 is 0 Å². The molecule has 3 N–H and O–H groups in total. The lowest BCUT2D eigenvalue weighted by atomic mass is 9.82. The molecule has 1 fully saturated rings. The first-order chi connectivity index (χ1) is 18.5. The number of benzene rings is 1. The van der Waals surface area contributed by atoms with Crippen molar-refractivity contribution in [1.82, 2.24) is 19.6 Å². The zero-order valence-electron chi connectivity index (χ0n) is 21.2. The van der Waals surface area contributed by atoms with Crippen LogP contribution in [0.1, 0.15) is 55.6 Å². The molecule has 0 bridgehead atoms. The number of halogens is 2. The molecule has 6 rings (SSSR count). The Balaban J connectivity index is 1.33. The SMILES string of the molecule is CC1=CC(N)CC(c2ccncc2Nc2ncc3ccc(-c4c(F)cc(C5CCOCC5)cc4F)nn23)C1. The second kappa shape index (κ2) is 10.2. The summed E-state index contributed by atoms with van der Waals surface area (Å²) in [5.74, 6) is -0.483. The smallest absolute Gasteiger partial charge is 0.229 e. The van der Waals surface area contributed by atoms with Crippen molar-refractivity contribution in [2.45, 2.75) is 50.5 Å². The molecule has 2 unspecified atom stereocenters. The molecule has 9 heteroatoms. The van der Waals surface area contributed by atoms with Crippen LogP contribution in [0.5, 0.6) is 0 Å². The molecule has 0 spiro atoms. The first-order valence-corrected chi connectivity index (χ1v) is 13.0. The van der Waals surface area contributed by atoms with Gasteiger partial charge in [-0.05, 0) is 85.9 Å². The molecule has 38 heavy (non-hydrogen) atoms. The first kappa shape index (κ1) is 24.6. The van der Waals surface area contributed by atoms with Crippen LogP contribution in [0.4, 0.5) is 20.4 Å². The summed E-state index contributed by atoms with van der Waals surface area (Å²) in [5, 5.41) is 7.92. The monoisotopic (exact) mass is 516 g/mol. The van der Waals surface area contributed by atoms with Gasteiger partial charge in [0.1, 0.15) is 11.6 Å². The molecule has 2 atom stereocenters. The molecule has 1 aliphatic heterocycles. The van der Waals surface area contributed by atoms with Crippen molar-refractivity contribution in [3.63, 3.8) is 0 Å². The number of allylic oxidation sites excluding steroid dienone is 1. The first-order valence-electron chi connectivity index (χ1n) is 13.0. The Hall–Kier alpha value is -3.69. The van der Waals surface area contributed by atoms with Gasteiger partial charge in [0.25, 0.3) is 0 Å². The minimum absolute atomic E-state index is 0.00822. The van der Waals surface area contributed by atoms with Gasteiger partial charge in [0, 0.05) is 25.5 Å². The highest BCUT2D eigenvalue weighted by molar-refractivity contribution is 5.66. The molecule has 0 radical (unpaired) electrons. The lowest BCUT2D eigenvalue weighted by molar-refractivity contribution is 0.0852. The zero-order chi connectivity index (χ0) is 26.2. The fraction of sp³-hybridized carbons (Fsp3) is 0.345. The zero-order valence-corrected chi connectivity index (χ0v) is 21.2. The molecule has 0 saturated carbocycles. The van der Waals surface area contributed by atoms with Crippen molar-refractivity contribution in [3.05, 3.63) is 83.3 Å². The number of nitrogens with zero attached hydrogens (tertiary/aromatic N) is 4. The van der Waals surface area contributed by atoms with Crippen molar-refractivity contribution in [2.24, 2.45) is 5.73 Å². The molecular weight excluding hydrogens is 486 g/mol. The molecule has 1 saturated heterocycles. The van der Waals surface area contributed by atoms with Crippen molar-refractivity contribution in [2.75, 3.05) is 18.5 Å². The summed E-state index contributed by atoms with van der Waals surface area (Å²) in [4.78, 5) is 8.79. The number of nitrogens with one attached hydrogen (secondary N) is 1. The summed E-state index contributed by atoms with van der Waals surface area (Å²) < 4.78 is 37.5. The van der Waals surface area contributed by atoms with Gasteiger partial charge in [-0.1, -0.05) is 11.6 Å². The minimum atomic E-state index is -0.625. The quantitative estimate of drug-likeness (QED) is 0.323. The summed E-state index contributed by atoms with van der Waals surface area (Å²) in [6.45, 7) is 3.31. The number of imidazole rings is 1. The molecular formula is C29H30F2N6O. The van der Waals surface area contributed by atoms with E-state index >= 15 is 8.78 Å². The standard InChI is InChI=1S/C29H30F2N6O/c1-17-10-20(12-21(32)11-17)23-4-7-33-16-27(23)35-29-34-15-22-2-3-26(36-37(22)29)28-24(30)13-19(14-25(28)31)18-5-8-38-9-6-18/h2-4,7,11,13-16,18,20-21H,5-6,8-10,12,32H2,1H3,(H,34,35). The van der Waals surface area contributed by atoms with E-state index in [1.165, 1.54) is 17.7 Å². The third-order valence-electron chi connectivity index (χ3n) is 7.56. The van der Waals surface area contributed by atoms with Crippen molar-refractivity contribution in [1.29, 1.82) is 0 Å². The summed E-state index contributed by atoms with van der Waals surface area (Å²) in [7, 11) is 0. The van der Waals surface area contributed by atoms with Gasteiger partial charge in [0.05, 0.1) is 34.9 Å². The maximum Gasteiger partial charge on any atom is 0.229 e. The molecule has 2 aliphatic rings. The van der Waals surface area contributed by atoms with Gasteiger partial charge < -0.3 is 15.8 Å². The van der Waals surface area contributed by atoms with E-state index in [1.807, 2.05) is 6.07 Å². The number of fused-ring (bicyclic) bond motifs is 1. The number of pyridine rings is 1. The number of hydrogen-bond donors (Lipinski definition) is 2. The van der Waals surface area contributed by atoms with E-state index < -0.39 is 11.6 Å². The maximum absolute atomic E-state index is 15.3. The number of aromatic nitrogens is 4. The van der Waals surface area contributed by atoms with Gasteiger partial charge in [-0.3, -0.25) is 4.98 Å². The largest absolute Gasteiger partial charge is 0.381 e. The summed E-state index contributed by atoms with van der Waals surface area (Å²) in [6, 6.07) is 8.24. The Morgan fingerprint density at radius 3 is 2.61 bits per heavy atom. The Morgan fingerprint density at radius 1 is 1.05 bits per heavy atom. The minimum Gasteiger partial charge on any atom is -0.381 e. The van der Waals surface area contributed by atoms with E-state index in [-0.39, 0.29) is 29.1 Å². The Labute approximate surface area is 219 Å². The summed E-state index contributed by atoms with van der Waals surface area (Å²) in [5.41, 5.74) is 10.8.